The van der Waals surface area contributed by atoms with Gasteiger partial charge >= 0.3 is 0 Å². The minimum absolute atomic E-state index is 0.0428. The zero-order chi connectivity index (χ0) is 35.5. The van der Waals surface area contributed by atoms with Crippen LogP contribution in [0.1, 0.15) is 61.1 Å². The van der Waals surface area contributed by atoms with Gasteiger partial charge in [0, 0.05) is 27.5 Å². The van der Waals surface area contributed by atoms with Gasteiger partial charge in [-0.05, 0) is 106 Å². The van der Waals surface area contributed by atoms with Crippen LogP contribution < -0.4 is 4.90 Å². The van der Waals surface area contributed by atoms with Crippen LogP contribution in [0.4, 0.5) is 17.1 Å². The minimum Gasteiger partial charge on any atom is -0.456 e. The third kappa shape index (κ3) is 4.24. The van der Waals surface area contributed by atoms with Crippen LogP contribution >= 0.6 is 0 Å². The molecule has 0 bridgehead atoms. The Bertz CT molecular complexity index is 2760. The molecule has 0 atom stereocenters. The van der Waals surface area contributed by atoms with Crippen LogP contribution in [-0.2, 0) is 10.8 Å². The van der Waals surface area contributed by atoms with Gasteiger partial charge in [0.2, 0.25) is 0 Å². The van der Waals surface area contributed by atoms with Gasteiger partial charge < -0.3 is 9.32 Å². The number of nitrogens with zero attached hydrogens (tertiary/aromatic N) is 1. The van der Waals surface area contributed by atoms with Crippen LogP contribution in [0.25, 0.3) is 55.3 Å². The van der Waals surface area contributed by atoms with Gasteiger partial charge in [0.25, 0.3) is 0 Å². The maximum atomic E-state index is 6.47. The Labute approximate surface area is 306 Å². The molecule has 2 nitrogen and oxygen atoms in total. The van der Waals surface area contributed by atoms with Gasteiger partial charge in [-0.15, -0.1) is 0 Å². The molecule has 0 saturated heterocycles. The van der Waals surface area contributed by atoms with Crippen molar-refractivity contribution >= 4 is 39.0 Å². The standard InChI is InChI=1S/C50H41NO/c1-30-21-26-36-40(27-30)50(5,6)41-28-31(2)29-43(47(36)41)51(42-18-12-20-45-48(42)37-14-8-10-19-44(37)52-45)33-24-22-32(23-25-33)34-15-11-17-39-46(34)35-13-7-9-16-38(35)49(39,3)4/h7-29H,1-6H3. The molecule has 2 aliphatic carbocycles. The second-order valence-electron chi connectivity index (χ2n) is 15.9. The van der Waals surface area contributed by atoms with E-state index >= 15 is 0 Å². The first kappa shape index (κ1) is 30.9. The summed E-state index contributed by atoms with van der Waals surface area (Å²) in [5, 5.41) is 2.25. The molecule has 2 aliphatic rings. The quantitative estimate of drug-likeness (QED) is 0.185. The van der Waals surface area contributed by atoms with Crippen molar-refractivity contribution in [3.8, 4) is 33.4 Å². The molecule has 52 heavy (non-hydrogen) atoms. The van der Waals surface area contributed by atoms with Crippen molar-refractivity contribution < 1.29 is 4.42 Å². The molecule has 0 unspecified atom stereocenters. The monoisotopic (exact) mass is 671 g/mol. The average Bonchev–Trinajstić information content (AvgIpc) is 3.72. The summed E-state index contributed by atoms with van der Waals surface area (Å²) in [5.74, 6) is 0. The first-order chi connectivity index (χ1) is 25.1. The van der Waals surface area contributed by atoms with Crippen LogP contribution in [0.2, 0.25) is 0 Å². The Morgan fingerprint density at radius 1 is 0.462 bits per heavy atom. The lowest BCUT2D eigenvalue weighted by molar-refractivity contribution is 0.659. The normalized spacial score (nSPS) is 14.7. The van der Waals surface area contributed by atoms with E-state index in [9.17, 15) is 0 Å². The van der Waals surface area contributed by atoms with E-state index in [4.69, 9.17) is 4.42 Å². The predicted octanol–water partition coefficient (Wildman–Crippen LogP) is 14.0. The van der Waals surface area contributed by atoms with E-state index in [-0.39, 0.29) is 10.8 Å². The second-order valence-corrected chi connectivity index (χ2v) is 15.9. The molecule has 10 rings (SSSR count). The zero-order valence-electron chi connectivity index (χ0n) is 30.6. The minimum atomic E-state index is -0.126. The molecule has 8 aromatic rings. The lowest BCUT2D eigenvalue weighted by atomic mass is 9.81. The fraction of sp³-hybridized carbons (Fsp3) is 0.160. The Balaban J connectivity index is 1.22. The molecular weight excluding hydrogens is 631 g/mol. The van der Waals surface area contributed by atoms with Crippen molar-refractivity contribution in [1.82, 2.24) is 0 Å². The van der Waals surface area contributed by atoms with Crippen molar-refractivity contribution in [3.05, 3.63) is 173 Å². The highest BCUT2D eigenvalue weighted by Crippen LogP contribution is 2.56. The molecule has 7 aromatic carbocycles. The highest BCUT2D eigenvalue weighted by Gasteiger charge is 2.39. The van der Waals surface area contributed by atoms with Gasteiger partial charge in [0.15, 0.2) is 0 Å². The molecule has 0 fully saturated rings. The van der Waals surface area contributed by atoms with E-state index < -0.39 is 0 Å². The summed E-state index contributed by atoms with van der Waals surface area (Å²) < 4.78 is 6.47. The first-order valence-electron chi connectivity index (χ1n) is 18.4. The van der Waals surface area contributed by atoms with Gasteiger partial charge in [-0.2, -0.15) is 0 Å². The van der Waals surface area contributed by atoms with Gasteiger partial charge in [0.05, 0.1) is 16.8 Å². The molecule has 0 aliphatic heterocycles. The van der Waals surface area contributed by atoms with Crippen LogP contribution in [-0.4, -0.2) is 0 Å². The van der Waals surface area contributed by atoms with Gasteiger partial charge in [0.1, 0.15) is 11.2 Å². The van der Waals surface area contributed by atoms with E-state index in [1.165, 1.54) is 72.4 Å². The number of hydrogen-bond donors (Lipinski definition) is 0. The molecular formula is C50H41NO. The number of hydrogen-bond acceptors (Lipinski definition) is 2. The number of fused-ring (bicyclic) bond motifs is 9. The molecule has 252 valence electrons. The van der Waals surface area contributed by atoms with Crippen molar-refractivity contribution in [2.45, 2.75) is 52.4 Å². The highest BCUT2D eigenvalue weighted by molar-refractivity contribution is 6.14. The fourth-order valence-electron chi connectivity index (χ4n) is 9.39. The Morgan fingerprint density at radius 3 is 1.96 bits per heavy atom. The van der Waals surface area contributed by atoms with E-state index in [0.29, 0.717) is 0 Å². The third-order valence-corrected chi connectivity index (χ3v) is 12.0. The number of benzene rings is 7. The number of anilines is 3. The molecule has 0 N–H and O–H groups in total. The van der Waals surface area contributed by atoms with Crippen LogP contribution in [0.15, 0.2) is 144 Å². The Hall–Kier alpha value is -5.86. The lowest BCUT2D eigenvalue weighted by Gasteiger charge is -2.30. The van der Waals surface area contributed by atoms with Gasteiger partial charge in [-0.1, -0.05) is 136 Å². The maximum Gasteiger partial charge on any atom is 0.137 e. The summed E-state index contributed by atoms with van der Waals surface area (Å²) in [6, 6.07) is 51.7. The van der Waals surface area contributed by atoms with Crippen LogP contribution in [0, 0.1) is 13.8 Å². The van der Waals surface area contributed by atoms with Crippen molar-refractivity contribution in [1.29, 1.82) is 0 Å². The molecule has 2 heteroatoms. The number of para-hydroxylation sites is 1. The van der Waals surface area contributed by atoms with E-state index in [0.717, 1.165) is 33.3 Å². The second kappa shape index (κ2) is 10.8. The van der Waals surface area contributed by atoms with E-state index in [2.05, 4.69) is 186 Å². The lowest BCUT2D eigenvalue weighted by Crippen LogP contribution is -2.16. The molecule has 1 aromatic heterocycles. The number of aryl methyl sites for hydroxylation is 2. The first-order valence-corrected chi connectivity index (χ1v) is 18.4. The van der Waals surface area contributed by atoms with Gasteiger partial charge in [-0.3, -0.25) is 0 Å². The summed E-state index contributed by atoms with van der Waals surface area (Å²) in [5.41, 5.74) is 20.9. The Kier molecular flexibility index (Phi) is 6.44. The smallest absolute Gasteiger partial charge is 0.137 e. The summed E-state index contributed by atoms with van der Waals surface area (Å²) in [4.78, 5) is 2.48. The highest BCUT2D eigenvalue weighted by atomic mass is 16.3. The molecule has 0 amide bonds. The van der Waals surface area contributed by atoms with Gasteiger partial charge in [-0.25, -0.2) is 0 Å². The van der Waals surface area contributed by atoms with Crippen LogP contribution in [0.5, 0.6) is 0 Å². The SMILES string of the molecule is Cc1ccc2c(c1)C(C)(C)c1cc(C)cc(N(c3ccc(-c4cccc5c4-c4ccccc4C5(C)C)cc3)c3cccc4oc5ccccc5c34)c1-2. The van der Waals surface area contributed by atoms with Crippen molar-refractivity contribution in [3.63, 3.8) is 0 Å². The molecule has 1 heterocycles. The molecule has 0 saturated carbocycles. The predicted molar refractivity (Wildman–Crippen MR) is 218 cm³/mol. The maximum absolute atomic E-state index is 6.47. The summed E-state index contributed by atoms with van der Waals surface area (Å²) >= 11 is 0. The van der Waals surface area contributed by atoms with Crippen LogP contribution in [0.3, 0.4) is 0 Å². The van der Waals surface area contributed by atoms with E-state index in [1.54, 1.807) is 0 Å². The van der Waals surface area contributed by atoms with Crippen molar-refractivity contribution in [2.75, 3.05) is 4.90 Å². The van der Waals surface area contributed by atoms with Crippen molar-refractivity contribution in [2.24, 2.45) is 0 Å². The average molecular weight is 672 g/mol. The number of rotatable bonds is 4. The Morgan fingerprint density at radius 2 is 1.12 bits per heavy atom. The summed E-state index contributed by atoms with van der Waals surface area (Å²) in [6.07, 6.45) is 0. The fourth-order valence-corrected chi connectivity index (χ4v) is 9.39. The summed E-state index contributed by atoms with van der Waals surface area (Å²) in [7, 11) is 0. The molecule has 0 spiro atoms. The largest absolute Gasteiger partial charge is 0.456 e. The number of furan rings is 1. The topological polar surface area (TPSA) is 16.4 Å². The third-order valence-electron chi connectivity index (χ3n) is 12.0. The van der Waals surface area contributed by atoms with E-state index in [1.807, 2.05) is 0 Å². The molecule has 0 radical (unpaired) electrons. The summed E-state index contributed by atoms with van der Waals surface area (Å²) in [6.45, 7) is 13.9. The zero-order valence-corrected chi connectivity index (χ0v) is 30.6.